The van der Waals surface area contributed by atoms with Crippen LogP contribution >= 0.6 is 0 Å². The maximum absolute atomic E-state index is 8.96. The van der Waals surface area contributed by atoms with Crippen molar-refractivity contribution in [2.24, 2.45) is 5.92 Å². The van der Waals surface area contributed by atoms with Gasteiger partial charge in [-0.15, -0.1) is 0 Å². The average molecular weight is 245 g/mol. The lowest BCUT2D eigenvalue weighted by atomic mass is 10.2. The lowest BCUT2D eigenvalue weighted by Crippen LogP contribution is -2.09. The fourth-order valence-electron chi connectivity index (χ4n) is 1.59. The number of hydrogen-bond donors (Lipinski definition) is 1. The Morgan fingerprint density at radius 2 is 2.28 bits per heavy atom. The van der Waals surface area contributed by atoms with Gasteiger partial charge in [-0.1, -0.05) is 13.8 Å². The molecule has 0 aliphatic heterocycles. The van der Waals surface area contributed by atoms with Crippen molar-refractivity contribution in [1.82, 2.24) is 15.0 Å². The van der Waals surface area contributed by atoms with Crippen molar-refractivity contribution in [2.75, 3.05) is 18.6 Å². The summed E-state index contributed by atoms with van der Waals surface area (Å²) in [6.07, 6.45) is 5.23. The summed E-state index contributed by atoms with van der Waals surface area (Å²) in [5.41, 5.74) is 1.38. The predicted octanol–water partition coefficient (Wildman–Crippen LogP) is 1.91. The molecule has 0 bridgehead atoms. The molecule has 1 N–H and O–H groups in total. The summed E-state index contributed by atoms with van der Waals surface area (Å²) in [5.74, 6) is 0.915. The molecule has 0 aromatic carbocycles. The minimum absolute atomic E-state index is 0.408. The summed E-state index contributed by atoms with van der Waals surface area (Å²) in [4.78, 5) is 12.7. The molecule has 0 radical (unpaired) electrons. The number of aromatic nitrogens is 3. The van der Waals surface area contributed by atoms with Gasteiger partial charge in [0, 0.05) is 13.2 Å². The summed E-state index contributed by atoms with van der Waals surface area (Å²) in [7, 11) is 1.68. The number of H-pyrrole nitrogens is 1. The zero-order chi connectivity index (χ0) is 13.1. The van der Waals surface area contributed by atoms with Crippen LogP contribution in [0.25, 0.3) is 11.0 Å². The number of fused-ring (bicyclic) bond motifs is 1. The van der Waals surface area contributed by atoms with Gasteiger partial charge in [-0.25, -0.2) is 9.97 Å². The zero-order valence-electron chi connectivity index (χ0n) is 10.6. The van der Waals surface area contributed by atoms with E-state index in [1.807, 2.05) is 0 Å². The monoisotopic (exact) mass is 245 g/mol. The van der Waals surface area contributed by atoms with Gasteiger partial charge in [-0.2, -0.15) is 5.26 Å². The topological polar surface area (TPSA) is 77.8 Å². The number of nitrogens with zero attached hydrogens (tertiary/aromatic N) is 4. The summed E-state index contributed by atoms with van der Waals surface area (Å²) >= 11 is 0. The smallest absolute Gasteiger partial charge is 0.228 e. The highest BCUT2D eigenvalue weighted by Gasteiger charge is 2.15. The summed E-state index contributed by atoms with van der Waals surface area (Å²) in [6, 6.07) is 0. The normalized spacial score (nSPS) is 10.6. The largest absolute Gasteiger partial charge is 0.477 e. The highest BCUT2D eigenvalue weighted by atomic mass is 16.5. The first-order valence-corrected chi connectivity index (χ1v) is 5.71. The highest BCUT2D eigenvalue weighted by molar-refractivity contribution is 5.95. The van der Waals surface area contributed by atoms with Crippen LogP contribution in [0.3, 0.4) is 0 Å². The Hall–Kier alpha value is -2.29. The van der Waals surface area contributed by atoms with Crippen LogP contribution in [0.5, 0.6) is 5.88 Å². The van der Waals surface area contributed by atoms with Crippen molar-refractivity contribution < 1.29 is 4.74 Å². The van der Waals surface area contributed by atoms with Gasteiger partial charge in [0.15, 0.2) is 6.19 Å². The van der Waals surface area contributed by atoms with Crippen molar-refractivity contribution in [3.8, 4) is 12.1 Å². The number of anilines is 1. The molecule has 6 heteroatoms. The standard InChI is InChI=1S/C12H15N5O/c1-8(2)5-18-12-10-9(17(3)6-13)4-14-11(10)15-7-16-12/h4,7-8H,5H2,1-3H3,(H,14,15,16). The summed E-state index contributed by atoms with van der Waals surface area (Å²) < 4.78 is 5.67. The van der Waals surface area contributed by atoms with Crippen molar-refractivity contribution in [3.63, 3.8) is 0 Å². The van der Waals surface area contributed by atoms with Crippen molar-refractivity contribution >= 4 is 16.7 Å². The molecule has 2 heterocycles. The molecule has 0 aliphatic carbocycles. The molecular weight excluding hydrogens is 230 g/mol. The Bertz CT molecular complexity index is 584. The summed E-state index contributed by atoms with van der Waals surface area (Å²) in [5, 5.41) is 9.69. The summed E-state index contributed by atoms with van der Waals surface area (Å²) in [6.45, 7) is 4.71. The van der Waals surface area contributed by atoms with Gasteiger partial charge in [0.1, 0.15) is 17.4 Å². The second-order valence-corrected chi connectivity index (χ2v) is 4.44. The van der Waals surface area contributed by atoms with E-state index in [1.165, 1.54) is 11.2 Å². The van der Waals surface area contributed by atoms with E-state index in [-0.39, 0.29) is 0 Å². The Morgan fingerprint density at radius 1 is 1.50 bits per heavy atom. The third-order valence-electron chi connectivity index (χ3n) is 2.48. The van der Waals surface area contributed by atoms with Crippen LogP contribution in [0, 0.1) is 17.4 Å². The van der Waals surface area contributed by atoms with Gasteiger partial charge in [0.25, 0.3) is 0 Å². The number of nitriles is 1. The fraction of sp³-hybridized carbons (Fsp3) is 0.417. The van der Waals surface area contributed by atoms with Gasteiger partial charge >= 0.3 is 0 Å². The Morgan fingerprint density at radius 3 is 2.94 bits per heavy atom. The van der Waals surface area contributed by atoms with Gasteiger partial charge in [-0.05, 0) is 5.92 Å². The van der Waals surface area contributed by atoms with E-state index < -0.39 is 0 Å². The first-order valence-electron chi connectivity index (χ1n) is 5.71. The molecule has 0 aliphatic rings. The van der Waals surface area contributed by atoms with Crippen LogP contribution in [-0.4, -0.2) is 28.6 Å². The molecule has 0 saturated heterocycles. The molecule has 0 amide bonds. The maximum Gasteiger partial charge on any atom is 0.228 e. The van der Waals surface area contributed by atoms with E-state index in [1.54, 1.807) is 13.2 Å². The molecule has 2 rings (SSSR count). The SMILES string of the molecule is CC(C)COc1ncnc2[nH]cc(N(C)C#N)c12. The minimum atomic E-state index is 0.408. The number of ether oxygens (including phenoxy) is 1. The van der Waals surface area contributed by atoms with Crippen LogP contribution in [0.15, 0.2) is 12.5 Å². The number of nitrogens with one attached hydrogen (secondary N) is 1. The highest BCUT2D eigenvalue weighted by Crippen LogP contribution is 2.31. The lowest BCUT2D eigenvalue weighted by molar-refractivity contribution is 0.264. The van der Waals surface area contributed by atoms with E-state index in [4.69, 9.17) is 10.00 Å². The van der Waals surface area contributed by atoms with E-state index >= 15 is 0 Å². The first kappa shape index (κ1) is 12.2. The van der Waals surface area contributed by atoms with Crippen molar-refractivity contribution in [1.29, 1.82) is 5.26 Å². The molecule has 18 heavy (non-hydrogen) atoms. The molecule has 0 saturated carbocycles. The predicted molar refractivity (Wildman–Crippen MR) is 68.2 cm³/mol. The third-order valence-corrected chi connectivity index (χ3v) is 2.48. The molecule has 2 aromatic rings. The Kier molecular flexibility index (Phi) is 3.33. The van der Waals surface area contributed by atoms with Gasteiger partial charge < -0.3 is 9.72 Å². The van der Waals surface area contributed by atoms with Crippen LogP contribution < -0.4 is 9.64 Å². The van der Waals surface area contributed by atoms with E-state index in [2.05, 4.69) is 35.0 Å². The van der Waals surface area contributed by atoms with Crippen LogP contribution in [0.2, 0.25) is 0 Å². The number of aromatic amines is 1. The van der Waals surface area contributed by atoms with Crippen LogP contribution in [0.1, 0.15) is 13.8 Å². The van der Waals surface area contributed by atoms with Gasteiger partial charge in [0.2, 0.25) is 5.88 Å². The quantitative estimate of drug-likeness (QED) is 0.657. The Balaban J connectivity index is 2.46. The number of hydrogen-bond acceptors (Lipinski definition) is 5. The molecule has 6 nitrogen and oxygen atoms in total. The molecule has 0 unspecified atom stereocenters. The maximum atomic E-state index is 8.96. The molecule has 0 atom stereocenters. The first-order chi connectivity index (χ1) is 8.63. The number of rotatable bonds is 4. The Labute approximate surface area is 105 Å². The van der Waals surface area contributed by atoms with E-state index in [0.29, 0.717) is 29.7 Å². The van der Waals surface area contributed by atoms with E-state index in [9.17, 15) is 0 Å². The van der Waals surface area contributed by atoms with Crippen molar-refractivity contribution in [2.45, 2.75) is 13.8 Å². The van der Waals surface area contributed by atoms with Crippen LogP contribution in [0.4, 0.5) is 5.69 Å². The second-order valence-electron chi connectivity index (χ2n) is 4.44. The zero-order valence-corrected chi connectivity index (χ0v) is 10.6. The van der Waals surface area contributed by atoms with Crippen LogP contribution in [-0.2, 0) is 0 Å². The second kappa shape index (κ2) is 4.92. The molecule has 0 spiro atoms. The van der Waals surface area contributed by atoms with Gasteiger partial charge in [-0.3, -0.25) is 4.90 Å². The molecular formula is C12H15N5O. The fourth-order valence-corrected chi connectivity index (χ4v) is 1.59. The van der Waals surface area contributed by atoms with Crippen molar-refractivity contribution in [3.05, 3.63) is 12.5 Å². The van der Waals surface area contributed by atoms with E-state index in [0.717, 1.165) is 5.39 Å². The molecule has 94 valence electrons. The molecule has 0 fully saturated rings. The molecule has 2 aromatic heterocycles. The third kappa shape index (κ3) is 2.20. The average Bonchev–Trinajstić information content (AvgIpc) is 2.79. The minimum Gasteiger partial charge on any atom is -0.477 e. The lowest BCUT2D eigenvalue weighted by Gasteiger charge is -2.11. The van der Waals surface area contributed by atoms with Gasteiger partial charge in [0.05, 0.1) is 12.3 Å².